The van der Waals surface area contributed by atoms with Crippen molar-refractivity contribution in [2.75, 3.05) is 54.9 Å². The van der Waals surface area contributed by atoms with Crippen LogP contribution in [-0.2, 0) is 24.8 Å². The lowest BCUT2D eigenvalue weighted by atomic mass is 10.2. The van der Waals surface area contributed by atoms with Crippen molar-refractivity contribution in [3.8, 4) is 17.2 Å². The average molecular weight is 609 g/mol. The van der Waals surface area contributed by atoms with Crippen LogP contribution in [0, 0.1) is 5.82 Å². The maximum atomic E-state index is 15.1. The van der Waals surface area contributed by atoms with Gasteiger partial charge in [-0.3, -0.25) is 14.0 Å². The number of anilines is 2. The van der Waals surface area contributed by atoms with Gasteiger partial charge in [0, 0.05) is 65.2 Å². The molecule has 2 N–H and O–H groups in total. The Kier molecular flexibility index (Phi) is 7.27. The molecule has 12 nitrogen and oxygen atoms in total. The molecule has 0 spiro atoms. The second-order valence-electron chi connectivity index (χ2n) is 11.0. The molecule has 0 aliphatic carbocycles. The topological polar surface area (TPSA) is 135 Å². The molecule has 0 unspecified atom stereocenters. The van der Waals surface area contributed by atoms with Crippen molar-refractivity contribution in [3.05, 3.63) is 59.0 Å². The first-order chi connectivity index (χ1) is 20.9. The number of hydrogen-bond donors (Lipinski definition) is 1. The summed E-state index contributed by atoms with van der Waals surface area (Å²) < 4.78 is 42.9. The highest BCUT2D eigenvalue weighted by atomic mass is 32.2. The van der Waals surface area contributed by atoms with Crippen molar-refractivity contribution < 1.29 is 18.1 Å². The van der Waals surface area contributed by atoms with Crippen molar-refractivity contribution in [2.45, 2.75) is 25.5 Å². The number of furan rings is 1. The summed E-state index contributed by atoms with van der Waals surface area (Å²) in [6.45, 7) is 3.85. The second kappa shape index (κ2) is 11.2. The summed E-state index contributed by atoms with van der Waals surface area (Å²) in [6, 6.07) is 10.5. The molecule has 2 saturated heterocycles. The van der Waals surface area contributed by atoms with E-state index >= 15 is 4.39 Å². The van der Waals surface area contributed by atoms with E-state index in [2.05, 4.69) is 15.0 Å². The Labute approximate surface area is 249 Å². The maximum absolute atomic E-state index is 15.1. The number of imidazole rings is 1. The number of nitrogens with two attached hydrogens (primary N) is 1. The van der Waals surface area contributed by atoms with E-state index in [1.807, 2.05) is 23.1 Å². The van der Waals surface area contributed by atoms with Gasteiger partial charge in [-0.1, -0.05) is 11.2 Å². The van der Waals surface area contributed by atoms with Crippen LogP contribution < -0.4 is 21.1 Å². The molecule has 14 heteroatoms. The molecule has 0 saturated carbocycles. The summed E-state index contributed by atoms with van der Waals surface area (Å²) in [4.78, 5) is 22.2. The number of piperazine rings is 1. The number of fused-ring (bicyclic) bond motifs is 3. The summed E-state index contributed by atoms with van der Waals surface area (Å²) in [6.07, 6.45) is 3.02. The van der Waals surface area contributed by atoms with Crippen molar-refractivity contribution >= 4 is 39.5 Å². The predicted octanol–water partition coefficient (Wildman–Crippen LogP) is 2.48. The number of nitrogens with zero attached hydrogens (tertiary/aromatic N) is 7. The SMILES string of the molecule is Cn1c(=O)n(CCN2CCN(c3ccc(OC4CC[S+]([O-])CC4)cc3F)CC2)c2nc(N)n3nc(-c4ccco4)cc3c21. The Bertz CT molecular complexity index is 1820. The van der Waals surface area contributed by atoms with Crippen LogP contribution >= 0.6 is 0 Å². The molecule has 1 aromatic carbocycles. The molecule has 226 valence electrons. The molecule has 2 fully saturated rings. The molecule has 5 aromatic rings. The van der Waals surface area contributed by atoms with Crippen molar-refractivity contribution in [3.63, 3.8) is 0 Å². The van der Waals surface area contributed by atoms with Crippen LogP contribution in [0.25, 0.3) is 28.1 Å². The first-order valence-electron chi connectivity index (χ1n) is 14.4. The molecule has 2 aliphatic rings. The maximum Gasteiger partial charge on any atom is 0.330 e. The van der Waals surface area contributed by atoms with Crippen LogP contribution in [0.15, 0.2) is 51.9 Å². The van der Waals surface area contributed by atoms with E-state index in [0.29, 0.717) is 77.3 Å². The fourth-order valence-electron chi connectivity index (χ4n) is 6.03. The lowest BCUT2D eigenvalue weighted by Crippen LogP contribution is -2.47. The Morgan fingerprint density at radius 1 is 1.14 bits per heavy atom. The van der Waals surface area contributed by atoms with E-state index in [9.17, 15) is 9.35 Å². The summed E-state index contributed by atoms with van der Waals surface area (Å²) in [5, 5.41) is 4.53. The molecule has 0 radical (unpaired) electrons. The van der Waals surface area contributed by atoms with Gasteiger partial charge in [-0.25, -0.2) is 9.18 Å². The Balaban J connectivity index is 1.02. The normalized spacial score (nSPS) is 19.9. The lowest BCUT2D eigenvalue weighted by Gasteiger charge is -2.36. The molecule has 0 amide bonds. The minimum absolute atomic E-state index is 0.0160. The van der Waals surface area contributed by atoms with Crippen LogP contribution in [0.5, 0.6) is 5.75 Å². The first kappa shape index (κ1) is 27.8. The molecular formula is C29H33FN8O4S. The standard InChI is InChI=1S/C29H33FN8O4S/c1-34-26-24-18-22(25-3-2-14-41-25)33-38(24)28(31)32-27(26)37(29(34)39)13-10-35-8-11-36(12-9-35)23-5-4-20(17-21(23)30)42-19-6-15-43(40)16-7-19/h2-5,14,17-19H,6-13,15-16H2,1H3,(H2,31,32). The highest BCUT2D eigenvalue weighted by Gasteiger charge is 2.25. The van der Waals surface area contributed by atoms with Crippen LogP contribution in [0.2, 0.25) is 0 Å². The fraction of sp³-hybridized carbons (Fsp3) is 0.414. The smallest absolute Gasteiger partial charge is 0.330 e. The predicted molar refractivity (Wildman–Crippen MR) is 162 cm³/mol. The van der Waals surface area contributed by atoms with Crippen molar-refractivity contribution in [1.29, 1.82) is 0 Å². The monoisotopic (exact) mass is 608 g/mol. The van der Waals surface area contributed by atoms with Gasteiger partial charge in [0.25, 0.3) is 0 Å². The van der Waals surface area contributed by atoms with Gasteiger partial charge in [0.15, 0.2) is 11.4 Å². The second-order valence-corrected chi connectivity index (χ2v) is 12.7. The summed E-state index contributed by atoms with van der Waals surface area (Å²) >= 11 is -0.760. The van der Waals surface area contributed by atoms with Gasteiger partial charge < -0.3 is 24.3 Å². The van der Waals surface area contributed by atoms with Crippen LogP contribution in [0.4, 0.5) is 16.0 Å². The summed E-state index contributed by atoms with van der Waals surface area (Å²) in [5.41, 5.74) is 9.08. The molecule has 7 rings (SSSR count). The molecule has 2 aliphatic heterocycles. The van der Waals surface area contributed by atoms with Crippen molar-refractivity contribution in [1.82, 2.24) is 28.6 Å². The summed E-state index contributed by atoms with van der Waals surface area (Å²) in [7, 11) is 1.72. The number of halogens is 1. The molecular weight excluding hydrogens is 575 g/mol. The molecule has 0 bridgehead atoms. The number of nitrogen functional groups attached to an aromatic ring is 1. The van der Waals surface area contributed by atoms with E-state index < -0.39 is 11.2 Å². The zero-order valence-electron chi connectivity index (χ0n) is 23.8. The van der Waals surface area contributed by atoms with Crippen LogP contribution in [0.3, 0.4) is 0 Å². The van der Waals surface area contributed by atoms with Gasteiger partial charge in [0.2, 0.25) is 5.95 Å². The lowest BCUT2D eigenvalue weighted by molar-refractivity contribution is 0.189. The quantitative estimate of drug-likeness (QED) is 0.277. The van der Waals surface area contributed by atoms with E-state index in [1.54, 1.807) is 34.6 Å². The highest BCUT2D eigenvalue weighted by Crippen LogP contribution is 2.28. The van der Waals surface area contributed by atoms with Gasteiger partial charge in [0.05, 0.1) is 17.5 Å². The van der Waals surface area contributed by atoms with Gasteiger partial charge >= 0.3 is 5.69 Å². The van der Waals surface area contributed by atoms with E-state index in [-0.39, 0.29) is 23.6 Å². The molecule has 6 heterocycles. The first-order valence-corrected chi connectivity index (χ1v) is 15.9. The number of aryl methyl sites for hydroxylation is 1. The van der Waals surface area contributed by atoms with Crippen molar-refractivity contribution in [2.24, 2.45) is 7.05 Å². The minimum atomic E-state index is -0.760. The van der Waals surface area contributed by atoms with Gasteiger partial charge in [-0.2, -0.15) is 14.6 Å². The third-order valence-corrected chi connectivity index (χ3v) is 9.78. The highest BCUT2D eigenvalue weighted by molar-refractivity contribution is 7.91. The van der Waals surface area contributed by atoms with Crippen LogP contribution in [0.1, 0.15) is 12.8 Å². The number of hydrogen-bond acceptors (Lipinski definition) is 9. The fourth-order valence-corrected chi connectivity index (χ4v) is 7.28. The zero-order chi connectivity index (χ0) is 29.7. The van der Waals surface area contributed by atoms with E-state index in [0.717, 1.165) is 25.9 Å². The zero-order valence-corrected chi connectivity index (χ0v) is 24.6. The van der Waals surface area contributed by atoms with Crippen LogP contribution in [-0.4, -0.2) is 83.5 Å². The number of benzene rings is 1. The average Bonchev–Trinajstić information content (AvgIpc) is 3.74. The largest absolute Gasteiger partial charge is 0.616 e. The van der Waals surface area contributed by atoms with E-state index in [1.165, 1.54) is 10.6 Å². The third-order valence-electron chi connectivity index (χ3n) is 8.39. The minimum Gasteiger partial charge on any atom is -0.616 e. The Morgan fingerprint density at radius 2 is 1.93 bits per heavy atom. The molecule has 43 heavy (non-hydrogen) atoms. The summed E-state index contributed by atoms with van der Waals surface area (Å²) in [5.74, 6) is 2.26. The Hall–Kier alpha value is -4.01. The Morgan fingerprint density at radius 3 is 2.65 bits per heavy atom. The number of aromatic nitrogens is 5. The number of rotatable bonds is 7. The van der Waals surface area contributed by atoms with Gasteiger partial charge in [-0.05, 0) is 30.3 Å². The third kappa shape index (κ3) is 5.23. The molecule has 0 atom stereocenters. The van der Waals surface area contributed by atoms with Gasteiger partial charge in [0.1, 0.15) is 40.4 Å². The van der Waals surface area contributed by atoms with E-state index in [4.69, 9.17) is 14.9 Å². The van der Waals surface area contributed by atoms with Gasteiger partial charge in [-0.15, -0.1) is 0 Å². The number of ether oxygens (including phenoxy) is 1. The molecule has 4 aromatic heterocycles.